The van der Waals surface area contributed by atoms with Gasteiger partial charge in [0.15, 0.2) is 0 Å². The van der Waals surface area contributed by atoms with Crippen LogP contribution in [0.15, 0.2) is 48.5 Å². The Labute approximate surface area is 179 Å². The second-order valence-corrected chi connectivity index (χ2v) is 10.5. The number of nitrogens with one attached hydrogen (secondary N) is 1. The molecule has 0 unspecified atom stereocenters. The number of hydrogen-bond donors (Lipinski definition) is 1. The van der Waals surface area contributed by atoms with Gasteiger partial charge in [-0.3, -0.25) is 4.79 Å². The molecule has 2 aromatic rings. The molecular weight excluding hydrogens is 396 g/mol. The molecule has 0 aromatic heterocycles. The molecule has 5 nitrogen and oxygen atoms in total. The summed E-state index contributed by atoms with van der Waals surface area (Å²) in [5.74, 6) is 0.523. The zero-order valence-corrected chi connectivity index (χ0v) is 18.5. The normalized spacial score (nSPS) is 24.3. The minimum absolute atomic E-state index is 0.0358. The summed E-state index contributed by atoms with van der Waals surface area (Å²) in [4.78, 5) is 15.2. The third-order valence-corrected chi connectivity index (χ3v) is 7.06. The molecule has 0 spiro atoms. The van der Waals surface area contributed by atoms with Crippen molar-refractivity contribution in [3.05, 3.63) is 59.7 Å². The van der Waals surface area contributed by atoms with Crippen LogP contribution in [0.3, 0.4) is 0 Å². The second-order valence-electron chi connectivity index (χ2n) is 8.70. The van der Waals surface area contributed by atoms with Crippen LogP contribution in [0, 0.1) is 12.8 Å². The standard InChI is InChI=1S/C24H30N2O3S/c1-17-8-6-12-20(23(17)18-9-4-3-5-10-18)21-16-22(21)24(27)26-14-7-11-19(13-15-26)25-30(2,28)29/h3-6,8-10,12,19,21-22,25H,7,11,13-16H2,1-2H3/t19-,21-,22+/m0/s1. The Kier molecular flexibility index (Phi) is 5.98. The van der Waals surface area contributed by atoms with Gasteiger partial charge in [0.2, 0.25) is 15.9 Å². The third-order valence-electron chi connectivity index (χ3n) is 6.30. The van der Waals surface area contributed by atoms with Gasteiger partial charge in [-0.2, -0.15) is 0 Å². The van der Waals surface area contributed by atoms with Crippen molar-refractivity contribution in [2.45, 2.75) is 44.6 Å². The third kappa shape index (κ3) is 4.76. The molecule has 1 aliphatic heterocycles. The molecule has 160 valence electrons. The molecule has 3 atom stereocenters. The lowest BCUT2D eigenvalue weighted by Gasteiger charge is -2.21. The summed E-state index contributed by atoms with van der Waals surface area (Å²) in [6.45, 7) is 3.46. The molecule has 2 aliphatic rings. The number of carbonyl (C=O) groups is 1. The first-order valence-electron chi connectivity index (χ1n) is 10.7. The summed E-state index contributed by atoms with van der Waals surface area (Å²) in [5, 5.41) is 0. The van der Waals surface area contributed by atoms with E-state index in [9.17, 15) is 13.2 Å². The summed E-state index contributed by atoms with van der Waals surface area (Å²) >= 11 is 0. The van der Waals surface area contributed by atoms with E-state index in [2.05, 4.69) is 54.1 Å². The fraction of sp³-hybridized carbons (Fsp3) is 0.458. The molecule has 2 aromatic carbocycles. The maximum Gasteiger partial charge on any atom is 0.226 e. The SMILES string of the molecule is Cc1cccc([C@@H]2C[C@H]2C(=O)N2CCC[C@H](NS(C)(=O)=O)CC2)c1-c1ccccc1. The molecule has 1 aliphatic carbocycles. The first-order chi connectivity index (χ1) is 14.3. The first-order valence-corrected chi connectivity index (χ1v) is 12.6. The van der Waals surface area contributed by atoms with E-state index in [1.165, 1.54) is 28.5 Å². The van der Waals surface area contributed by atoms with Gasteiger partial charge in [0, 0.05) is 25.0 Å². The molecule has 1 N–H and O–H groups in total. The largest absolute Gasteiger partial charge is 0.342 e. The molecule has 1 saturated carbocycles. The molecular formula is C24H30N2O3S. The van der Waals surface area contributed by atoms with Gasteiger partial charge in [-0.1, -0.05) is 48.5 Å². The van der Waals surface area contributed by atoms with Crippen LogP contribution in [-0.2, 0) is 14.8 Å². The van der Waals surface area contributed by atoms with Crippen LogP contribution in [0.4, 0.5) is 0 Å². The summed E-state index contributed by atoms with van der Waals surface area (Å²) in [6.07, 6.45) is 4.37. The smallest absolute Gasteiger partial charge is 0.226 e. The van der Waals surface area contributed by atoms with Crippen molar-refractivity contribution in [1.29, 1.82) is 0 Å². The van der Waals surface area contributed by atoms with Crippen molar-refractivity contribution >= 4 is 15.9 Å². The fourth-order valence-electron chi connectivity index (χ4n) is 4.78. The molecule has 1 saturated heterocycles. The first kappa shape index (κ1) is 21.1. The van der Waals surface area contributed by atoms with Crippen LogP contribution < -0.4 is 4.72 Å². The zero-order chi connectivity index (χ0) is 21.3. The maximum atomic E-state index is 13.2. The predicted octanol–water partition coefficient (Wildman–Crippen LogP) is 3.70. The minimum atomic E-state index is -3.22. The molecule has 0 radical (unpaired) electrons. The molecule has 1 heterocycles. The summed E-state index contributed by atoms with van der Waals surface area (Å²) < 4.78 is 25.8. The van der Waals surface area contributed by atoms with Crippen molar-refractivity contribution < 1.29 is 13.2 Å². The molecule has 2 fully saturated rings. The van der Waals surface area contributed by atoms with Crippen molar-refractivity contribution in [2.75, 3.05) is 19.3 Å². The molecule has 6 heteroatoms. The van der Waals surface area contributed by atoms with E-state index in [0.29, 0.717) is 19.5 Å². The van der Waals surface area contributed by atoms with Crippen molar-refractivity contribution in [1.82, 2.24) is 9.62 Å². The lowest BCUT2D eigenvalue weighted by Crippen LogP contribution is -2.36. The van der Waals surface area contributed by atoms with Gasteiger partial charge in [0.1, 0.15) is 0 Å². The number of aryl methyl sites for hydroxylation is 1. The highest BCUT2D eigenvalue weighted by molar-refractivity contribution is 7.88. The Morgan fingerprint density at radius 1 is 1.03 bits per heavy atom. The van der Waals surface area contributed by atoms with Crippen LogP contribution in [-0.4, -0.2) is 44.6 Å². The lowest BCUT2D eigenvalue weighted by atomic mass is 9.92. The highest BCUT2D eigenvalue weighted by Gasteiger charge is 2.47. The number of sulfonamides is 1. The van der Waals surface area contributed by atoms with Crippen LogP contribution in [0.5, 0.6) is 0 Å². The number of likely N-dealkylation sites (tertiary alicyclic amines) is 1. The number of nitrogens with zero attached hydrogens (tertiary/aromatic N) is 1. The summed E-state index contributed by atoms with van der Waals surface area (Å²) in [7, 11) is -3.22. The van der Waals surface area contributed by atoms with Gasteiger partial charge >= 0.3 is 0 Å². The van der Waals surface area contributed by atoms with Gasteiger partial charge < -0.3 is 4.90 Å². The van der Waals surface area contributed by atoms with E-state index < -0.39 is 10.0 Å². The minimum Gasteiger partial charge on any atom is -0.342 e. The number of rotatable bonds is 5. The Balaban J connectivity index is 1.46. The second kappa shape index (κ2) is 8.52. The monoisotopic (exact) mass is 426 g/mol. The highest BCUT2D eigenvalue weighted by Crippen LogP contribution is 2.51. The highest BCUT2D eigenvalue weighted by atomic mass is 32.2. The average Bonchev–Trinajstić information content (AvgIpc) is 3.51. The van der Waals surface area contributed by atoms with Crippen LogP contribution in [0.2, 0.25) is 0 Å². The van der Waals surface area contributed by atoms with Crippen molar-refractivity contribution in [3.8, 4) is 11.1 Å². The van der Waals surface area contributed by atoms with Crippen LogP contribution in [0.1, 0.15) is 42.7 Å². The lowest BCUT2D eigenvalue weighted by molar-refractivity contribution is -0.132. The fourth-order valence-corrected chi connectivity index (χ4v) is 5.62. The molecule has 1 amide bonds. The maximum absolute atomic E-state index is 13.2. The quantitative estimate of drug-likeness (QED) is 0.793. The summed E-state index contributed by atoms with van der Waals surface area (Å²) in [6, 6.07) is 16.7. The predicted molar refractivity (Wildman–Crippen MR) is 120 cm³/mol. The van der Waals surface area contributed by atoms with Crippen LogP contribution >= 0.6 is 0 Å². The van der Waals surface area contributed by atoms with Crippen molar-refractivity contribution in [2.24, 2.45) is 5.92 Å². The Hall–Kier alpha value is -2.18. The van der Waals surface area contributed by atoms with E-state index in [1.54, 1.807) is 0 Å². The topological polar surface area (TPSA) is 66.5 Å². The van der Waals surface area contributed by atoms with Gasteiger partial charge in [0.25, 0.3) is 0 Å². The molecule has 0 bridgehead atoms. The zero-order valence-electron chi connectivity index (χ0n) is 17.7. The average molecular weight is 427 g/mol. The van der Waals surface area contributed by atoms with Crippen molar-refractivity contribution in [3.63, 3.8) is 0 Å². The number of carbonyl (C=O) groups excluding carboxylic acids is 1. The van der Waals surface area contributed by atoms with E-state index in [1.807, 2.05) is 11.0 Å². The van der Waals surface area contributed by atoms with E-state index in [0.717, 1.165) is 19.3 Å². The Bertz CT molecular complexity index is 1020. The number of benzene rings is 2. The van der Waals surface area contributed by atoms with E-state index in [-0.39, 0.29) is 23.8 Å². The van der Waals surface area contributed by atoms with E-state index in [4.69, 9.17) is 0 Å². The number of amides is 1. The number of hydrogen-bond acceptors (Lipinski definition) is 3. The van der Waals surface area contributed by atoms with Gasteiger partial charge in [-0.05, 0) is 60.8 Å². The van der Waals surface area contributed by atoms with Gasteiger partial charge in [-0.25, -0.2) is 13.1 Å². The van der Waals surface area contributed by atoms with E-state index >= 15 is 0 Å². The van der Waals surface area contributed by atoms with Gasteiger partial charge in [-0.15, -0.1) is 0 Å². The Morgan fingerprint density at radius 2 is 1.80 bits per heavy atom. The molecule has 30 heavy (non-hydrogen) atoms. The Morgan fingerprint density at radius 3 is 2.53 bits per heavy atom. The van der Waals surface area contributed by atoms with Gasteiger partial charge in [0.05, 0.1) is 6.26 Å². The van der Waals surface area contributed by atoms with Crippen LogP contribution in [0.25, 0.3) is 11.1 Å². The summed E-state index contributed by atoms with van der Waals surface area (Å²) in [5.41, 5.74) is 4.96. The molecule has 4 rings (SSSR count).